The highest BCUT2D eigenvalue weighted by molar-refractivity contribution is 7.92. The number of benzene rings is 1. The van der Waals surface area contributed by atoms with E-state index in [1.54, 1.807) is 0 Å². The average molecular weight is 426 g/mol. The third-order valence-corrected chi connectivity index (χ3v) is 5.27. The maximum atomic E-state index is 13.1. The van der Waals surface area contributed by atoms with Crippen molar-refractivity contribution < 1.29 is 17.5 Å². The second-order valence-electron chi connectivity index (χ2n) is 5.85. The Morgan fingerprint density at radius 2 is 1.97 bits per heavy atom. The quantitative estimate of drug-likeness (QED) is 0.325. The van der Waals surface area contributed by atoms with E-state index in [0.29, 0.717) is 11.3 Å². The van der Waals surface area contributed by atoms with E-state index in [2.05, 4.69) is 20.7 Å². The lowest BCUT2D eigenvalue weighted by Gasteiger charge is -2.13. The molecule has 2 aromatic heterocycles. The van der Waals surface area contributed by atoms with Gasteiger partial charge >= 0.3 is 0 Å². The summed E-state index contributed by atoms with van der Waals surface area (Å²) in [5.74, 6) is 1.20. The summed E-state index contributed by atoms with van der Waals surface area (Å²) >= 11 is 0. The highest BCUT2D eigenvalue weighted by atomic mass is 32.2. The Balaban J connectivity index is 2.05. The highest BCUT2D eigenvalue weighted by Crippen LogP contribution is 2.29. The maximum absolute atomic E-state index is 13.1. The molecule has 0 saturated heterocycles. The molecule has 2 heterocycles. The highest BCUT2D eigenvalue weighted by Gasteiger charge is 2.18. The molecule has 11 heteroatoms. The van der Waals surface area contributed by atoms with Crippen LogP contribution in [0.15, 0.2) is 53.6 Å². The lowest BCUT2D eigenvalue weighted by molar-refractivity contribution is 0.400. The number of halogens is 1. The van der Waals surface area contributed by atoms with Gasteiger partial charge in [-0.25, -0.2) is 17.8 Å². The summed E-state index contributed by atoms with van der Waals surface area (Å²) in [5, 5.41) is 19.6. The number of ether oxygens (including phenoxy) is 1. The molecule has 30 heavy (non-hydrogen) atoms. The monoisotopic (exact) mass is 426 g/mol. The van der Waals surface area contributed by atoms with Gasteiger partial charge in [0.05, 0.1) is 17.7 Å². The molecule has 3 rings (SSSR count). The van der Waals surface area contributed by atoms with E-state index in [9.17, 15) is 12.8 Å². The van der Waals surface area contributed by atoms with Crippen LogP contribution in [0.4, 0.5) is 10.1 Å². The van der Waals surface area contributed by atoms with Crippen molar-refractivity contribution in [2.24, 2.45) is 0 Å². The zero-order valence-electron chi connectivity index (χ0n) is 15.5. The number of nitrogens with one attached hydrogen (secondary N) is 3. The molecule has 0 bridgehead atoms. The summed E-state index contributed by atoms with van der Waals surface area (Å²) in [6.45, 7) is 0. The van der Waals surface area contributed by atoms with Crippen molar-refractivity contribution in [2.45, 2.75) is 4.90 Å². The lowest BCUT2D eigenvalue weighted by Crippen LogP contribution is -2.27. The van der Waals surface area contributed by atoms with E-state index in [4.69, 9.17) is 22.0 Å². The van der Waals surface area contributed by atoms with Crippen molar-refractivity contribution in [3.8, 4) is 29.5 Å². The third kappa shape index (κ3) is 4.18. The zero-order valence-corrected chi connectivity index (χ0v) is 16.4. The smallest absolute Gasteiger partial charge is 0.262 e. The molecule has 0 amide bonds. The predicted molar refractivity (Wildman–Crippen MR) is 107 cm³/mol. The van der Waals surface area contributed by atoms with Crippen LogP contribution in [0.1, 0.15) is 0 Å². The first-order valence-electron chi connectivity index (χ1n) is 8.28. The normalized spacial score (nSPS) is 10.8. The van der Waals surface area contributed by atoms with Crippen LogP contribution in [0.3, 0.4) is 0 Å². The summed E-state index contributed by atoms with van der Waals surface area (Å²) in [5.41, 5.74) is 0.601. The van der Waals surface area contributed by atoms with Gasteiger partial charge in [0.1, 0.15) is 17.0 Å². The molecule has 0 aliphatic rings. The van der Waals surface area contributed by atoms with Crippen molar-refractivity contribution in [2.75, 3.05) is 11.8 Å². The number of rotatable bonds is 5. The van der Waals surface area contributed by atoms with Gasteiger partial charge in [-0.1, -0.05) is 0 Å². The van der Waals surface area contributed by atoms with E-state index < -0.39 is 15.8 Å². The lowest BCUT2D eigenvalue weighted by atomic mass is 10.2. The standard InChI is InChI=1S/C19H15FN6O3S/c1-3-17(21)26-18(22)9-8-15(24-26)12-10-16(19(29-2)23-11-12)25-30(27,28)14-6-4-13(20)5-7-14/h1,4-11,21-22,25H,2H3. The van der Waals surface area contributed by atoms with Crippen LogP contribution in [0.25, 0.3) is 11.3 Å². The minimum absolute atomic E-state index is 0.00536. The molecule has 0 fully saturated rings. The number of terminal acetylenes is 1. The van der Waals surface area contributed by atoms with Gasteiger partial charge in [-0.15, -0.1) is 6.42 Å². The van der Waals surface area contributed by atoms with E-state index in [0.717, 1.165) is 28.9 Å². The predicted octanol–water partition coefficient (Wildman–Crippen LogP) is 1.83. The second-order valence-corrected chi connectivity index (χ2v) is 7.53. The van der Waals surface area contributed by atoms with E-state index in [-0.39, 0.29) is 27.8 Å². The van der Waals surface area contributed by atoms with Crippen LogP contribution >= 0.6 is 0 Å². The molecule has 0 aliphatic heterocycles. The Morgan fingerprint density at radius 1 is 1.27 bits per heavy atom. The fourth-order valence-corrected chi connectivity index (χ4v) is 3.50. The molecule has 152 valence electrons. The largest absolute Gasteiger partial charge is 0.480 e. The third-order valence-electron chi connectivity index (χ3n) is 3.89. The summed E-state index contributed by atoms with van der Waals surface area (Å²) < 4.78 is 46.8. The molecule has 9 nitrogen and oxygen atoms in total. The summed E-state index contributed by atoms with van der Waals surface area (Å²) in [4.78, 5) is 3.94. The van der Waals surface area contributed by atoms with Gasteiger partial charge in [0.25, 0.3) is 10.0 Å². The minimum atomic E-state index is -4.05. The number of nitrogens with zero attached hydrogens (tertiary/aromatic N) is 3. The van der Waals surface area contributed by atoms with Crippen molar-refractivity contribution >= 4 is 21.5 Å². The van der Waals surface area contributed by atoms with Crippen LogP contribution in [0, 0.1) is 29.0 Å². The summed E-state index contributed by atoms with van der Waals surface area (Å²) in [6, 6.07) is 8.65. The first kappa shape index (κ1) is 20.7. The fraction of sp³-hybridized carbons (Fsp3) is 0.0526. The Hall–Kier alpha value is -4.04. The molecule has 3 aromatic rings. The Kier molecular flexibility index (Phi) is 5.61. The van der Waals surface area contributed by atoms with Crippen LogP contribution < -0.4 is 14.9 Å². The minimum Gasteiger partial charge on any atom is -0.480 e. The van der Waals surface area contributed by atoms with Gasteiger partial charge in [0, 0.05) is 11.8 Å². The van der Waals surface area contributed by atoms with Crippen LogP contribution in [-0.4, -0.2) is 36.1 Å². The van der Waals surface area contributed by atoms with E-state index in [1.807, 2.05) is 0 Å². The molecule has 0 atom stereocenters. The Morgan fingerprint density at radius 3 is 2.60 bits per heavy atom. The van der Waals surface area contributed by atoms with Gasteiger partial charge < -0.3 is 4.74 Å². The molecule has 3 N–H and O–H groups in total. The number of anilines is 1. The van der Waals surface area contributed by atoms with Crippen LogP contribution in [0.5, 0.6) is 5.88 Å². The maximum Gasteiger partial charge on any atom is 0.262 e. The van der Waals surface area contributed by atoms with Crippen molar-refractivity contribution in [3.05, 3.63) is 60.0 Å². The van der Waals surface area contributed by atoms with Gasteiger partial charge in [-0.05, 0) is 48.4 Å². The SMILES string of the molecule is C#CC(=N)n1nc(-c2cnc(OC)c(NS(=O)(=O)c3ccc(F)cc3)c2)ccc1=N. The van der Waals surface area contributed by atoms with Crippen LogP contribution in [0.2, 0.25) is 0 Å². The zero-order chi connectivity index (χ0) is 21.9. The second kappa shape index (κ2) is 8.14. The Bertz CT molecular complexity index is 1330. The number of methoxy groups -OCH3 is 1. The van der Waals surface area contributed by atoms with Crippen molar-refractivity contribution in [1.82, 2.24) is 14.8 Å². The molecule has 1 aromatic carbocycles. The topological polar surface area (TPSA) is 134 Å². The Labute approximate surface area is 171 Å². The number of sulfonamides is 1. The molecule has 0 saturated carbocycles. The van der Waals surface area contributed by atoms with Crippen LogP contribution in [-0.2, 0) is 10.0 Å². The molecule has 0 radical (unpaired) electrons. The van der Waals surface area contributed by atoms with E-state index in [1.165, 1.54) is 31.5 Å². The first-order chi connectivity index (χ1) is 14.2. The molecule has 0 aliphatic carbocycles. The van der Waals surface area contributed by atoms with Gasteiger partial charge in [-0.3, -0.25) is 15.5 Å². The van der Waals surface area contributed by atoms with Crippen molar-refractivity contribution in [1.29, 1.82) is 10.8 Å². The summed E-state index contributed by atoms with van der Waals surface area (Å²) in [6.07, 6.45) is 6.60. The molecular formula is C19H15FN6O3S. The number of hydrogen-bond acceptors (Lipinski definition) is 7. The van der Waals surface area contributed by atoms with Gasteiger partial charge in [0.2, 0.25) is 5.88 Å². The van der Waals surface area contributed by atoms with Crippen molar-refractivity contribution in [3.63, 3.8) is 0 Å². The van der Waals surface area contributed by atoms with Gasteiger partial charge in [-0.2, -0.15) is 9.78 Å². The van der Waals surface area contributed by atoms with Gasteiger partial charge in [0.15, 0.2) is 5.84 Å². The molecule has 0 unspecified atom stereocenters. The number of pyridine rings is 1. The number of hydrogen-bond donors (Lipinski definition) is 3. The van der Waals surface area contributed by atoms with E-state index >= 15 is 0 Å². The molecular weight excluding hydrogens is 411 g/mol. The first-order valence-corrected chi connectivity index (χ1v) is 9.77. The number of aromatic nitrogens is 3. The summed E-state index contributed by atoms with van der Waals surface area (Å²) in [7, 11) is -2.72. The average Bonchev–Trinajstić information content (AvgIpc) is 2.73. The fourth-order valence-electron chi connectivity index (χ4n) is 2.45. The molecule has 0 spiro atoms.